The molecule has 96 valence electrons. The highest BCUT2D eigenvalue weighted by molar-refractivity contribution is 5.33. The summed E-state index contributed by atoms with van der Waals surface area (Å²) < 4.78 is 1.92. The van der Waals surface area contributed by atoms with Crippen LogP contribution >= 0.6 is 0 Å². The van der Waals surface area contributed by atoms with Crippen LogP contribution < -0.4 is 5.32 Å². The van der Waals surface area contributed by atoms with Crippen molar-refractivity contribution >= 4 is 5.82 Å². The van der Waals surface area contributed by atoms with E-state index in [1.165, 1.54) is 5.56 Å². The van der Waals surface area contributed by atoms with E-state index in [0.29, 0.717) is 6.04 Å². The van der Waals surface area contributed by atoms with Crippen LogP contribution in [0.1, 0.15) is 25.8 Å². The summed E-state index contributed by atoms with van der Waals surface area (Å²) in [7, 11) is 0. The summed E-state index contributed by atoms with van der Waals surface area (Å²) in [6.07, 6.45) is 3.85. The third-order valence-corrected chi connectivity index (χ3v) is 2.83. The van der Waals surface area contributed by atoms with Crippen molar-refractivity contribution in [2.45, 2.75) is 39.3 Å². The molecule has 1 N–H and O–H groups in total. The summed E-state index contributed by atoms with van der Waals surface area (Å²) in [5.41, 5.74) is 1.34. The van der Waals surface area contributed by atoms with Crippen molar-refractivity contribution in [2.24, 2.45) is 0 Å². The molecule has 2 aromatic rings. The second-order valence-corrected chi connectivity index (χ2v) is 4.58. The molecule has 1 aromatic carbocycles. The van der Waals surface area contributed by atoms with Crippen molar-refractivity contribution in [3.63, 3.8) is 0 Å². The molecule has 1 aromatic heterocycles. The first-order valence-corrected chi connectivity index (χ1v) is 6.48. The number of rotatable bonds is 6. The number of hydrogen-bond acceptors (Lipinski definition) is 3. The molecule has 4 nitrogen and oxygen atoms in total. The highest BCUT2D eigenvalue weighted by Gasteiger charge is 2.07. The Bertz CT molecular complexity index is 464. The predicted molar refractivity (Wildman–Crippen MR) is 73.5 cm³/mol. The molecule has 0 aliphatic heterocycles. The monoisotopic (exact) mass is 244 g/mol. The molecule has 1 heterocycles. The Morgan fingerprint density at radius 2 is 2.06 bits per heavy atom. The number of aryl methyl sites for hydroxylation is 1. The number of aromatic nitrogens is 3. The largest absolute Gasteiger partial charge is 0.366 e. The van der Waals surface area contributed by atoms with Crippen LogP contribution in [0, 0.1) is 0 Å². The van der Waals surface area contributed by atoms with Crippen LogP contribution in [0.4, 0.5) is 5.82 Å². The van der Waals surface area contributed by atoms with Gasteiger partial charge < -0.3 is 5.32 Å². The van der Waals surface area contributed by atoms with Gasteiger partial charge in [0.05, 0.1) is 6.20 Å². The fraction of sp³-hybridized carbons (Fsp3) is 0.429. The second kappa shape index (κ2) is 6.19. The van der Waals surface area contributed by atoms with Crippen LogP contribution in [-0.4, -0.2) is 21.0 Å². The fourth-order valence-corrected chi connectivity index (χ4v) is 2.02. The predicted octanol–water partition coefficient (Wildman–Crippen LogP) is 2.73. The van der Waals surface area contributed by atoms with E-state index in [1.54, 1.807) is 6.20 Å². The Morgan fingerprint density at radius 1 is 1.28 bits per heavy atom. The average Bonchev–Trinajstić information content (AvgIpc) is 2.78. The maximum Gasteiger partial charge on any atom is 0.145 e. The second-order valence-electron chi connectivity index (χ2n) is 4.58. The van der Waals surface area contributed by atoms with Crippen LogP contribution in [0.2, 0.25) is 0 Å². The smallest absolute Gasteiger partial charge is 0.145 e. The summed E-state index contributed by atoms with van der Waals surface area (Å²) in [5, 5.41) is 11.5. The molecule has 0 aliphatic carbocycles. The van der Waals surface area contributed by atoms with Gasteiger partial charge in [-0.2, -0.15) is 0 Å². The first-order chi connectivity index (χ1) is 8.79. The van der Waals surface area contributed by atoms with Crippen LogP contribution in [0.3, 0.4) is 0 Å². The lowest BCUT2D eigenvalue weighted by molar-refractivity contribution is 0.579. The Kier molecular flexibility index (Phi) is 4.34. The number of nitrogens with one attached hydrogen (secondary N) is 1. The Balaban J connectivity index is 1.94. The molecule has 0 spiro atoms. The summed E-state index contributed by atoms with van der Waals surface area (Å²) in [5.74, 6) is 1.00. The topological polar surface area (TPSA) is 42.7 Å². The van der Waals surface area contributed by atoms with E-state index in [9.17, 15) is 0 Å². The van der Waals surface area contributed by atoms with Gasteiger partial charge in [0.15, 0.2) is 0 Å². The fourth-order valence-electron chi connectivity index (χ4n) is 2.02. The van der Waals surface area contributed by atoms with Gasteiger partial charge in [-0.05, 0) is 25.3 Å². The van der Waals surface area contributed by atoms with Gasteiger partial charge in [-0.1, -0.05) is 42.5 Å². The average molecular weight is 244 g/mol. The number of benzene rings is 1. The zero-order chi connectivity index (χ0) is 12.8. The maximum absolute atomic E-state index is 4.07. The molecule has 0 saturated heterocycles. The standard InChI is InChI=1S/C14H20N4/c1-3-9-18-14(11-15-17-18)16-12(2)10-13-7-5-4-6-8-13/h4-8,11-12,16H,3,9-10H2,1-2H3. The lowest BCUT2D eigenvalue weighted by Crippen LogP contribution is -2.20. The molecule has 18 heavy (non-hydrogen) atoms. The molecule has 0 saturated carbocycles. The maximum atomic E-state index is 4.07. The Hall–Kier alpha value is -1.84. The molecule has 0 aliphatic rings. The minimum absolute atomic E-state index is 0.363. The highest BCUT2D eigenvalue weighted by Crippen LogP contribution is 2.10. The molecular formula is C14H20N4. The van der Waals surface area contributed by atoms with Gasteiger partial charge in [0.25, 0.3) is 0 Å². The van der Waals surface area contributed by atoms with E-state index >= 15 is 0 Å². The molecule has 0 radical (unpaired) electrons. The van der Waals surface area contributed by atoms with Gasteiger partial charge in [-0.3, -0.25) is 0 Å². The zero-order valence-corrected chi connectivity index (χ0v) is 11.0. The summed E-state index contributed by atoms with van der Waals surface area (Å²) >= 11 is 0. The van der Waals surface area contributed by atoms with E-state index in [1.807, 2.05) is 10.7 Å². The van der Waals surface area contributed by atoms with Crippen molar-refractivity contribution in [3.05, 3.63) is 42.1 Å². The van der Waals surface area contributed by atoms with Crippen LogP contribution in [-0.2, 0) is 13.0 Å². The van der Waals surface area contributed by atoms with Gasteiger partial charge in [0.1, 0.15) is 5.82 Å². The van der Waals surface area contributed by atoms with Crippen LogP contribution in [0.5, 0.6) is 0 Å². The molecule has 4 heteroatoms. The van der Waals surface area contributed by atoms with Gasteiger partial charge in [0, 0.05) is 12.6 Å². The summed E-state index contributed by atoms with van der Waals surface area (Å²) in [6.45, 7) is 5.22. The van der Waals surface area contributed by atoms with Crippen molar-refractivity contribution in [2.75, 3.05) is 5.32 Å². The van der Waals surface area contributed by atoms with E-state index < -0.39 is 0 Å². The summed E-state index contributed by atoms with van der Waals surface area (Å²) in [4.78, 5) is 0. The van der Waals surface area contributed by atoms with Gasteiger partial charge >= 0.3 is 0 Å². The molecular weight excluding hydrogens is 224 g/mol. The van der Waals surface area contributed by atoms with Gasteiger partial charge in [0.2, 0.25) is 0 Å². The SMILES string of the molecule is CCCn1nncc1NC(C)Cc1ccccc1. The normalized spacial score (nSPS) is 12.3. The minimum atomic E-state index is 0.363. The number of nitrogens with zero attached hydrogens (tertiary/aromatic N) is 3. The number of hydrogen-bond donors (Lipinski definition) is 1. The third-order valence-electron chi connectivity index (χ3n) is 2.83. The lowest BCUT2D eigenvalue weighted by Gasteiger charge is -2.15. The van der Waals surface area contributed by atoms with E-state index in [4.69, 9.17) is 0 Å². The van der Waals surface area contributed by atoms with Crippen molar-refractivity contribution in [3.8, 4) is 0 Å². The van der Waals surface area contributed by atoms with E-state index in [0.717, 1.165) is 25.2 Å². The van der Waals surface area contributed by atoms with Crippen LogP contribution in [0.25, 0.3) is 0 Å². The van der Waals surface area contributed by atoms with Crippen molar-refractivity contribution in [1.29, 1.82) is 0 Å². The molecule has 1 atom stereocenters. The quantitative estimate of drug-likeness (QED) is 0.849. The van der Waals surface area contributed by atoms with E-state index in [2.05, 4.69) is 53.7 Å². The summed E-state index contributed by atoms with van der Waals surface area (Å²) in [6, 6.07) is 10.9. The van der Waals surface area contributed by atoms with E-state index in [-0.39, 0.29) is 0 Å². The zero-order valence-electron chi connectivity index (χ0n) is 11.0. The minimum Gasteiger partial charge on any atom is -0.366 e. The molecule has 0 bridgehead atoms. The lowest BCUT2D eigenvalue weighted by atomic mass is 10.1. The van der Waals surface area contributed by atoms with Crippen molar-refractivity contribution < 1.29 is 0 Å². The number of anilines is 1. The first kappa shape index (κ1) is 12.6. The Labute approximate surface area is 108 Å². The Morgan fingerprint density at radius 3 is 2.78 bits per heavy atom. The third kappa shape index (κ3) is 3.32. The van der Waals surface area contributed by atoms with Crippen LogP contribution in [0.15, 0.2) is 36.5 Å². The van der Waals surface area contributed by atoms with Crippen molar-refractivity contribution in [1.82, 2.24) is 15.0 Å². The molecule has 2 rings (SSSR count). The van der Waals surface area contributed by atoms with Gasteiger partial charge in [-0.25, -0.2) is 4.68 Å². The molecule has 0 fully saturated rings. The van der Waals surface area contributed by atoms with Gasteiger partial charge in [-0.15, -0.1) is 5.10 Å². The highest BCUT2D eigenvalue weighted by atomic mass is 15.5. The molecule has 0 amide bonds. The first-order valence-electron chi connectivity index (χ1n) is 6.48. The molecule has 1 unspecified atom stereocenters.